The molecule has 5 heteroatoms. The standard InChI is InChI=1S/C16H24Cl2N2O/c1-2-7-20-8-5-13(6-9-20)19-11-16(21)14-10-12(17)3-4-15(14)18/h3-4,10,13,16,19,21H,2,5-9,11H2,1H3. The lowest BCUT2D eigenvalue weighted by Crippen LogP contribution is -2.43. The molecule has 1 aliphatic heterocycles. The summed E-state index contributed by atoms with van der Waals surface area (Å²) in [4.78, 5) is 2.50. The van der Waals surface area contributed by atoms with Gasteiger partial charge in [-0.1, -0.05) is 30.1 Å². The van der Waals surface area contributed by atoms with Crippen molar-refractivity contribution in [1.82, 2.24) is 10.2 Å². The predicted octanol–water partition coefficient (Wildman–Crippen LogP) is 3.49. The molecule has 1 unspecified atom stereocenters. The fraction of sp³-hybridized carbons (Fsp3) is 0.625. The summed E-state index contributed by atoms with van der Waals surface area (Å²) in [7, 11) is 0. The molecule has 118 valence electrons. The molecule has 1 aromatic rings. The van der Waals surface area contributed by atoms with Crippen LogP contribution in [-0.2, 0) is 0 Å². The van der Waals surface area contributed by atoms with Crippen LogP contribution in [0.15, 0.2) is 18.2 Å². The Balaban J connectivity index is 1.79. The first-order chi connectivity index (χ1) is 10.1. The van der Waals surface area contributed by atoms with Crippen LogP contribution < -0.4 is 5.32 Å². The normalized spacial score (nSPS) is 18.9. The number of nitrogens with one attached hydrogen (secondary N) is 1. The van der Waals surface area contributed by atoms with E-state index in [4.69, 9.17) is 23.2 Å². The number of aliphatic hydroxyl groups excluding tert-OH is 1. The van der Waals surface area contributed by atoms with Crippen molar-refractivity contribution in [3.63, 3.8) is 0 Å². The van der Waals surface area contributed by atoms with Crippen molar-refractivity contribution < 1.29 is 5.11 Å². The Morgan fingerprint density at radius 1 is 1.33 bits per heavy atom. The van der Waals surface area contributed by atoms with E-state index >= 15 is 0 Å². The number of piperidine rings is 1. The van der Waals surface area contributed by atoms with Crippen molar-refractivity contribution in [2.45, 2.75) is 38.3 Å². The van der Waals surface area contributed by atoms with Gasteiger partial charge >= 0.3 is 0 Å². The van der Waals surface area contributed by atoms with Gasteiger partial charge in [-0.05, 0) is 57.1 Å². The Bertz CT molecular complexity index is 448. The first-order valence-corrected chi connectivity index (χ1v) is 8.44. The van der Waals surface area contributed by atoms with Crippen molar-refractivity contribution >= 4 is 23.2 Å². The van der Waals surface area contributed by atoms with Gasteiger partial charge in [0, 0.05) is 28.2 Å². The molecule has 1 fully saturated rings. The number of nitrogens with zero attached hydrogens (tertiary/aromatic N) is 1. The molecule has 3 nitrogen and oxygen atoms in total. The van der Waals surface area contributed by atoms with E-state index in [0.29, 0.717) is 28.2 Å². The van der Waals surface area contributed by atoms with Crippen LogP contribution in [-0.4, -0.2) is 42.2 Å². The van der Waals surface area contributed by atoms with Gasteiger partial charge in [0.25, 0.3) is 0 Å². The van der Waals surface area contributed by atoms with Crippen LogP contribution in [0.5, 0.6) is 0 Å². The predicted molar refractivity (Wildman–Crippen MR) is 89.2 cm³/mol. The summed E-state index contributed by atoms with van der Waals surface area (Å²) < 4.78 is 0. The van der Waals surface area contributed by atoms with E-state index in [1.807, 2.05) is 0 Å². The highest BCUT2D eigenvalue weighted by Crippen LogP contribution is 2.26. The number of likely N-dealkylation sites (tertiary alicyclic amines) is 1. The third-order valence-corrected chi connectivity index (χ3v) is 4.62. The first-order valence-electron chi connectivity index (χ1n) is 7.69. The lowest BCUT2D eigenvalue weighted by atomic mass is 10.0. The molecule has 0 saturated carbocycles. The topological polar surface area (TPSA) is 35.5 Å². The average Bonchev–Trinajstić information content (AvgIpc) is 2.49. The van der Waals surface area contributed by atoms with Gasteiger partial charge in [-0.3, -0.25) is 0 Å². The molecule has 2 rings (SSSR count). The molecule has 2 N–H and O–H groups in total. The van der Waals surface area contributed by atoms with Gasteiger partial charge in [0.2, 0.25) is 0 Å². The van der Waals surface area contributed by atoms with Crippen LogP contribution in [0.4, 0.5) is 0 Å². The maximum Gasteiger partial charge on any atom is 0.0929 e. The van der Waals surface area contributed by atoms with E-state index in [-0.39, 0.29) is 0 Å². The second kappa shape index (κ2) is 8.35. The molecule has 0 amide bonds. The smallest absolute Gasteiger partial charge is 0.0929 e. The number of aliphatic hydroxyl groups is 1. The third-order valence-electron chi connectivity index (χ3n) is 4.04. The maximum absolute atomic E-state index is 10.3. The van der Waals surface area contributed by atoms with Crippen LogP contribution >= 0.6 is 23.2 Å². The highest BCUT2D eigenvalue weighted by Gasteiger charge is 2.20. The summed E-state index contributed by atoms with van der Waals surface area (Å²) in [5.41, 5.74) is 0.695. The second-order valence-electron chi connectivity index (χ2n) is 5.71. The minimum atomic E-state index is -0.620. The van der Waals surface area contributed by atoms with Gasteiger partial charge in [0.05, 0.1) is 6.10 Å². The highest BCUT2D eigenvalue weighted by atomic mass is 35.5. The molecule has 1 saturated heterocycles. The van der Waals surface area contributed by atoms with Crippen molar-refractivity contribution in [1.29, 1.82) is 0 Å². The molecule has 0 spiro atoms. The summed E-state index contributed by atoms with van der Waals surface area (Å²) in [5, 5.41) is 14.9. The van der Waals surface area contributed by atoms with Crippen LogP contribution in [0.1, 0.15) is 37.9 Å². The van der Waals surface area contributed by atoms with Gasteiger partial charge < -0.3 is 15.3 Å². The lowest BCUT2D eigenvalue weighted by molar-refractivity contribution is 0.151. The molecule has 0 bridgehead atoms. The molecule has 0 radical (unpaired) electrons. The fourth-order valence-corrected chi connectivity index (χ4v) is 3.26. The van der Waals surface area contributed by atoms with E-state index < -0.39 is 6.10 Å². The molecule has 1 aliphatic rings. The fourth-order valence-electron chi connectivity index (χ4n) is 2.84. The van der Waals surface area contributed by atoms with Gasteiger partial charge in [0.1, 0.15) is 0 Å². The summed E-state index contributed by atoms with van der Waals surface area (Å²) in [6.07, 6.45) is 2.86. The van der Waals surface area contributed by atoms with Gasteiger partial charge in [0.15, 0.2) is 0 Å². The minimum Gasteiger partial charge on any atom is -0.387 e. The van der Waals surface area contributed by atoms with E-state index in [1.165, 1.54) is 13.0 Å². The third kappa shape index (κ3) is 5.11. The molecular weight excluding hydrogens is 307 g/mol. The number of hydrogen-bond donors (Lipinski definition) is 2. The molecule has 0 aromatic heterocycles. The van der Waals surface area contributed by atoms with Gasteiger partial charge in [-0.2, -0.15) is 0 Å². The van der Waals surface area contributed by atoms with Crippen molar-refractivity contribution in [2.24, 2.45) is 0 Å². The largest absolute Gasteiger partial charge is 0.387 e. The summed E-state index contributed by atoms with van der Waals surface area (Å²) in [6.45, 7) is 6.19. The quantitative estimate of drug-likeness (QED) is 0.838. The number of hydrogen-bond acceptors (Lipinski definition) is 3. The highest BCUT2D eigenvalue weighted by molar-refractivity contribution is 6.33. The van der Waals surface area contributed by atoms with E-state index in [2.05, 4.69) is 17.1 Å². The first kappa shape index (κ1) is 17.0. The molecule has 0 aliphatic carbocycles. The van der Waals surface area contributed by atoms with E-state index in [0.717, 1.165) is 25.9 Å². The number of halogens is 2. The SMILES string of the molecule is CCCN1CCC(NCC(O)c2cc(Cl)ccc2Cl)CC1. The second-order valence-corrected chi connectivity index (χ2v) is 6.55. The van der Waals surface area contributed by atoms with Crippen LogP contribution in [0.2, 0.25) is 10.0 Å². The summed E-state index contributed by atoms with van der Waals surface area (Å²) >= 11 is 12.1. The Morgan fingerprint density at radius 2 is 2.05 bits per heavy atom. The van der Waals surface area contributed by atoms with E-state index in [9.17, 15) is 5.11 Å². The van der Waals surface area contributed by atoms with Crippen molar-refractivity contribution in [3.05, 3.63) is 33.8 Å². The molecule has 1 aromatic carbocycles. The zero-order valence-corrected chi connectivity index (χ0v) is 14.0. The van der Waals surface area contributed by atoms with Crippen LogP contribution in [0.3, 0.4) is 0 Å². The summed E-state index contributed by atoms with van der Waals surface area (Å²) in [6, 6.07) is 5.67. The average molecular weight is 331 g/mol. The molecule has 21 heavy (non-hydrogen) atoms. The molecular formula is C16H24Cl2N2O. The Morgan fingerprint density at radius 3 is 2.71 bits per heavy atom. The van der Waals surface area contributed by atoms with Crippen molar-refractivity contribution in [3.8, 4) is 0 Å². The van der Waals surface area contributed by atoms with Gasteiger partial charge in [-0.15, -0.1) is 0 Å². The summed E-state index contributed by atoms with van der Waals surface area (Å²) in [5.74, 6) is 0. The van der Waals surface area contributed by atoms with Crippen molar-refractivity contribution in [2.75, 3.05) is 26.2 Å². The zero-order chi connectivity index (χ0) is 15.2. The molecule has 1 atom stereocenters. The Kier molecular flexibility index (Phi) is 6.77. The van der Waals surface area contributed by atoms with Crippen LogP contribution in [0.25, 0.3) is 0 Å². The zero-order valence-electron chi connectivity index (χ0n) is 12.5. The molecule has 1 heterocycles. The number of rotatable bonds is 6. The van der Waals surface area contributed by atoms with Crippen LogP contribution in [0, 0.1) is 0 Å². The Labute approximate surface area is 137 Å². The van der Waals surface area contributed by atoms with E-state index in [1.54, 1.807) is 18.2 Å². The maximum atomic E-state index is 10.3. The van der Waals surface area contributed by atoms with Gasteiger partial charge in [-0.25, -0.2) is 0 Å². The number of benzene rings is 1. The Hall–Kier alpha value is -0.320. The minimum absolute atomic E-state index is 0.478. The monoisotopic (exact) mass is 330 g/mol. The lowest BCUT2D eigenvalue weighted by Gasteiger charge is -2.32.